The normalized spacial score (nSPS) is 26.8. The van der Waals surface area contributed by atoms with Crippen LogP contribution in [0.3, 0.4) is 0 Å². The van der Waals surface area contributed by atoms with Gasteiger partial charge in [-0.05, 0) is 54.7 Å². The maximum Gasteiger partial charge on any atom is 0.171 e. The van der Waals surface area contributed by atoms with Gasteiger partial charge >= 0.3 is 0 Å². The monoisotopic (exact) mass is 280 g/mol. The number of benzene rings is 1. The van der Waals surface area contributed by atoms with Crippen LogP contribution in [0.25, 0.3) is 0 Å². The fourth-order valence-electron chi connectivity index (χ4n) is 2.65. The molecule has 1 aliphatic rings. The molecule has 1 saturated carbocycles. The van der Waals surface area contributed by atoms with Crippen molar-refractivity contribution in [3.8, 4) is 0 Å². The Hall–Kier alpha value is -1.16. The summed E-state index contributed by atoms with van der Waals surface area (Å²) in [5, 5.41) is 7.12. The van der Waals surface area contributed by atoms with Crippen LogP contribution in [-0.4, -0.2) is 11.2 Å². The Morgan fingerprint density at radius 3 is 2.58 bits per heavy atom. The molecule has 1 aromatic carbocycles. The molecule has 0 saturated heterocycles. The van der Waals surface area contributed by atoms with Gasteiger partial charge < -0.3 is 10.6 Å². The van der Waals surface area contributed by atoms with E-state index in [0.29, 0.717) is 17.1 Å². The highest BCUT2D eigenvalue weighted by Crippen LogP contribution is 2.29. The molecule has 0 spiro atoms. The highest BCUT2D eigenvalue weighted by molar-refractivity contribution is 7.80. The van der Waals surface area contributed by atoms with E-state index in [1.54, 1.807) is 12.1 Å². The fraction of sp³-hybridized carbons (Fsp3) is 0.533. The van der Waals surface area contributed by atoms with Gasteiger partial charge in [-0.2, -0.15) is 0 Å². The predicted molar refractivity (Wildman–Crippen MR) is 81.7 cm³/mol. The van der Waals surface area contributed by atoms with Gasteiger partial charge in [0.15, 0.2) is 5.11 Å². The molecule has 2 rings (SSSR count). The molecule has 2 nitrogen and oxygen atoms in total. The zero-order valence-electron chi connectivity index (χ0n) is 11.4. The molecule has 0 bridgehead atoms. The number of hydrogen-bond acceptors (Lipinski definition) is 1. The van der Waals surface area contributed by atoms with Crippen LogP contribution in [0.4, 0.5) is 10.1 Å². The van der Waals surface area contributed by atoms with Crippen LogP contribution in [0.15, 0.2) is 24.3 Å². The van der Waals surface area contributed by atoms with Gasteiger partial charge in [-0.1, -0.05) is 26.7 Å². The van der Waals surface area contributed by atoms with Gasteiger partial charge in [-0.15, -0.1) is 0 Å². The van der Waals surface area contributed by atoms with E-state index in [1.165, 1.54) is 25.0 Å². The predicted octanol–water partition coefficient (Wildman–Crippen LogP) is 3.94. The standard InChI is InChI=1S/C15H21FN2S/c1-10-4-3-5-14(11(10)2)18-15(19)17-13-8-6-12(16)7-9-13/h6-11,14H,3-5H2,1-2H3,(H2,17,18,19)/t10-,11+,14+/m0/s1. The van der Waals surface area contributed by atoms with Gasteiger partial charge in [0.05, 0.1) is 0 Å². The average Bonchev–Trinajstić information content (AvgIpc) is 2.38. The van der Waals surface area contributed by atoms with Crippen LogP contribution in [-0.2, 0) is 0 Å². The van der Waals surface area contributed by atoms with Crippen LogP contribution < -0.4 is 10.6 Å². The molecular formula is C15H21FN2S. The molecular weight excluding hydrogens is 259 g/mol. The van der Waals surface area contributed by atoms with E-state index in [9.17, 15) is 4.39 Å². The Labute approximate surface area is 119 Å². The Morgan fingerprint density at radius 1 is 1.21 bits per heavy atom. The number of nitrogens with one attached hydrogen (secondary N) is 2. The van der Waals surface area contributed by atoms with E-state index in [-0.39, 0.29) is 5.82 Å². The minimum atomic E-state index is -0.237. The highest BCUT2D eigenvalue weighted by Gasteiger charge is 2.27. The fourth-order valence-corrected chi connectivity index (χ4v) is 2.92. The molecule has 0 aromatic heterocycles. The first-order valence-corrected chi connectivity index (χ1v) is 7.30. The summed E-state index contributed by atoms with van der Waals surface area (Å²) in [5.41, 5.74) is 0.815. The minimum Gasteiger partial charge on any atom is -0.359 e. The molecule has 0 amide bonds. The zero-order chi connectivity index (χ0) is 13.8. The van der Waals surface area contributed by atoms with E-state index < -0.39 is 0 Å². The van der Waals surface area contributed by atoms with E-state index in [4.69, 9.17) is 12.2 Å². The van der Waals surface area contributed by atoms with Crippen molar-refractivity contribution < 1.29 is 4.39 Å². The van der Waals surface area contributed by atoms with Crippen LogP contribution in [0.1, 0.15) is 33.1 Å². The number of hydrogen-bond donors (Lipinski definition) is 2. The third-order valence-electron chi connectivity index (χ3n) is 4.13. The molecule has 0 aliphatic heterocycles. The lowest BCUT2D eigenvalue weighted by molar-refractivity contribution is 0.225. The van der Waals surface area contributed by atoms with Gasteiger partial charge in [-0.25, -0.2) is 4.39 Å². The molecule has 0 radical (unpaired) electrons. The first kappa shape index (κ1) is 14.3. The summed E-state index contributed by atoms with van der Waals surface area (Å²) in [6.45, 7) is 4.58. The average molecular weight is 280 g/mol. The van der Waals surface area contributed by atoms with Crippen molar-refractivity contribution in [3.05, 3.63) is 30.1 Å². The maximum atomic E-state index is 12.8. The van der Waals surface area contributed by atoms with E-state index in [1.807, 2.05) is 0 Å². The second kappa shape index (κ2) is 6.33. The van der Waals surface area contributed by atoms with Crippen LogP contribution >= 0.6 is 12.2 Å². The third-order valence-corrected chi connectivity index (χ3v) is 4.35. The molecule has 3 atom stereocenters. The Bertz CT molecular complexity index is 432. The smallest absolute Gasteiger partial charge is 0.171 e. The number of anilines is 1. The van der Waals surface area contributed by atoms with Gasteiger partial charge in [0.1, 0.15) is 5.82 Å². The minimum absolute atomic E-state index is 0.237. The summed E-state index contributed by atoms with van der Waals surface area (Å²) < 4.78 is 12.8. The summed E-state index contributed by atoms with van der Waals surface area (Å²) in [4.78, 5) is 0. The molecule has 4 heteroatoms. The summed E-state index contributed by atoms with van der Waals surface area (Å²) in [6, 6.07) is 6.67. The van der Waals surface area contributed by atoms with Gasteiger partial charge in [-0.3, -0.25) is 0 Å². The Balaban J connectivity index is 1.88. The van der Waals surface area contributed by atoms with Crippen LogP contribution in [0.5, 0.6) is 0 Å². The van der Waals surface area contributed by atoms with Crippen LogP contribution in [0.2, 0.25) is 0 Å². The number of rotatable bonds is 2. The molecule has 19 heavy (non-hydrogen) atoms. The van der Waals surface area contributed by atoms with E-state index in [2.05, 4.69) is 24.5 Å². The maximum absolute atomic E-state index is 12.8. The summed E-state index contributed by atoms with van der Waals surface area (Å²) >= 11 is 5.33. The first-order chi connectivity index (χ1) is 9.06. The van der Waals surface area contributed by atoms with Crippen LogP contribution in [0, 0.1) is 17.7 Å². The van der Waals surface area contributed by atoms with Crippen molar-refractivity contribution in [2.75, 3.05) is 5.32 Å². The molecule has 1 aromatic rings. The van der Waals surface area contributed by atoms with Gasteiger partial charge in [0.25, 0.3) is 0 Å². The molecule has 104 valence electrons. The van der Waals surface area contributed by atoms with Crippen molar-refractivity contribution >= 4 is 23.0 Å². The molecule has 1 fully saturated rings. The second-order valence-electron chi connectivity index (χ2n) is 5.48. The van der Waals surface area contributed by atoms with E-state index >= 15 is 0 Å². The molecule has 0 heterocycles. The summed E-state index contributed by atoms with van der Waals surface area (Å²) in [6.07, 6.45) is 3.72. The third kappa shape index (κ3) is 3.90. The molecule has 1 aliphatic carbocycles. The molecule has 2 N–H and O–H groups in total. The topological polar surface area (TPSA) is 24.1 Å². The van der Waals surface area contributed by atoms with Crippen molar-refractivity contribution in [2.24, 2.45) is 11.8 Å². The van der Waals surface area contributed by atoms with Crippen molar-refractivity contribution in [1.82, 2.24) is 5.32 Å². The van der Waals surface area contributed by atoms with Crippen molar-refractivity contribution in [2.45, 2.75) is 39.2 Å². The Kier molecular flexibility index (Phi) is 4.75. The lowest BCUT2D eigenvalue weighted by atomic mass is 9.78. The van der Waals surface area contributed by atoms with E-state index in [0.717, 1.165) is 18.0 Å². The number of thiocarbonyl (C=S) groups is 1. The second-order valence-corrected chi connectivity index (χ2v) is 5.89. The zero-order valence-corrected chi connectivity index (χ0v) is 12.3. The SMILES string of the molecule is C[C@@H]1[C@@H](C)CCC[C@H]1NC(=S)Nc1ccc(F)cc1. The molecule has 0 unspecified atom stereocenters. The first-order valence-electron chi connectivity index (χ1n) is 6.89. The highest BCUT2D eigenvalue weighted by atomic mass is 32.1. The lowest BCUT2D eigenvalue weighted by Crippen LogP contribution is -2.45. The largest absolute Gasteiger partial charge is 0.359 e. The number of halogens is 1. The lowest BCUT2D eigenvalue weighted by Gasteiger charge is -2.35. The summed E-state index contributed by atoms with van der Waals surface area (Å²) in [7, 11) is 0. The van der Waals surface area contributed by atoms with Crippen molar-refractivity contribution in [1.29, 1.82) is 0 Å². The van der Waals surface area contributed by atoms with Crippen molar-refractivity contribution in [3.63, 3.8) is 0 Å². The summed E-state index contributed by atoms with van der Waals surface area (Å²) in [5.74, 6) is 1.13. The quantitative estimate of drug-likeness (QED) is 0.803. The Morgan fingerprint density at radius 2 is 1.89 bits per heavy atom. The van der Waals surface area contributed by atoms with Gasteiger partial charge in [0.2, 0.25) is 0 Å². The van der Waals surface area contributed by atoms with Gasteiger partial charge in [0, 0.05) is 11.7 Å².